The predicted octanol–water partition coefficient (Wildman–Crippen LogP) is 5.01. The zero-order valence-corrected chi connectivity index (χ0v) is 22.6. The van der Waals surface area contributed by atoms with Crippen molar-refractivity contribution in [2.24, 2.45) is 0 Å². The van der Waals surface area contributed by atoms with Gasteiger partial charge in [0.1, 0.15) is 12.6 Å². The fourth-order valence-corrected chi connectivity index (χ4v) is 5.64. The molecule has 0 aliphatic heterocycles. The van der Waals surface area contributed by atoms with Crippen molar-refractivity contribution in [2.75, 3.05) is 17.9 Å². The van der Waals surface area contributed by atoms with Crippen molar-refractivity contribution < 1.29 is 18.0 Å². The van der Waals surface area contributed by atoms with Gasteiger partial charge in [0.05, 0.1) is 15.6 Å². The number of carbonyl (C=O) groups is 2. The molecule has 0 aliphatic carbocycles. The molecule has 0 spiro atoms. The third kappa shape index (κ3) is 6.50. The van der Waals surface area contributed by atoms with Crippen LogP contribution in [0.4, 0.5) is 5.69 Å². The summed E-state index contributed by atoms with van der Waals surface area (Å²) in [5, 5.41) is 3.42. The molecule has 1 N–H and O–H groups in total. The number of nitrogens with zero attached hydrogens (tertiary/aromatic N) is 2. The Morgan fingerprint density at radius 3 is 2.11 bits per heavy atom. The van der Waals surface area contributed by atoms with Gasteiger partial charge in [-0.25, -0.2) is 8.42 Å². The van der Waals surface area contributed by atoms with Crippen LogP contribution in [0.1, 0.15) is 12.5 Å². The van der Waals surface area contributed by atoms with E-state index < -0.39 is 34.4 Å². The van der Waals surface area contributed by atoms with Gasteiger partial charge in [0, 0.05) is 23.6 Å². The van der Waals surface area contributed by atoms with Gasteiger partial charge in [-0.15, -0.1) is 0 Å². The molecule has 2 amide bonds. The first-order valence-corrected chi connectivity index (χ1v) is 13.4. The van der Waals surface area contributed by atoms with Gasteiger partial charge in [-0.2, -0.15) is 0 Å². The molecule has 0 heterocycles. The molecule has 0 bridgehead atoms. The second kappa shape index (κ2) is 12.0. The summed E-state index contributed by atoms with van der Waals surface area (Å²) in [4.78, 5) is 27.4. The van der Waals surface area contributed by atoms with Crippen molar-refractivity contribution in [1.29, 1.82) is 0 Å². The minimum atomic E-state index is -4.21. The summed E-state index contributed by atoms with van der Waals surface area (Å²) in [6.07, 6.45) is 0. The average molecular weight is 569 g/mol. The highest BCUT2D eigenvalue weighted by Gasteiger charge is 2.33. The lowest BCUT2D eigenvalue weighted by molar-refractivity contribution is -0.139. The minimum absolute atomic E-state index is 0.0209. The van der Waals surface area contributed by atoms with Crippen LogP contribution in [0.2, 0.25) is 15.1 Å². The van der Waals surface area contributed by atoms with E-state index in [4.69, 9.17) is 34.8 Å². The third-order valence-corrected chi connectivity index (χ3v) is 8.03. The number of benzene rings is 3. The lowest BCUT2D eigenvalue weighted by atomic mass is 10.1. The topological polar surface area (TPSA) is 86.8 Å². The van der Waals surface area contributed by atoms with Gasteiger partial charge in [0.2, 0.25) is 11.8 Å². The van der Waals surface area contributed by atoms with Crippen molar-refractivity contribution in [2.45, 2.75) is 24.4 Å². The molecule has 3 rings (SSSR count). The first-order valence-electron chi connectivity index (χ1n) is 10.8. The van der Waals surface area contributed by atoms with Crippen LogP contribution in [0.15, 0.2) is 77.7 Å². The average Bonchev–Trinajstić information content (AvgIpc) is 2.86. The van der Waals surface area contributed by atoms with Gasteiger partial charge in [-0.05, 0) is 55.0 Å². The Balaban J connectivity index is 2.05. The van der Waals surface area contributed by atoms with Crippen LogP contribution in [-0.2, 0) is 26.2 Å². The Bertz CT molecular complexity index is 1340. The van der Waals surface area contributed by atoms with E-state index in [0.29, 0.717) is 15.6 Å². The number of carbonyl (C=O) groups excluding carboxylic acids is 2. The number of amides is 2. The van der Waals surface area contributed by atoms with Gasteiger partial charge < -0.3 is 10.2 Å². The normalized spacial score (nSPS) is 12.0. The number of halogens is 3. The highest BCUT2D eigenvalue weighted by Crippen LogP contribution is 2.33. The zero-order chi connectivity index (χ0) is 26.5. The molecule has 0 radical (unpaired) electrons. The highest BCUT2D eigenvalue weighted by molar-refractivity contribution is 7.92. The molecular weight excluding hydrogens is 545 g/mol. The first-order chi connectivity index (χ1) is 17.0. The smallest absolute Gasteiger partial charge is 0.264 e. The van der Waals surface area contributed by atoms with Gasteiger partial charge >= 0.3 is 0 Å². The predicted molar refractivity (Wildman–Crippen MR) is 143 cm³/mol. The molecule has 3 aromatic carbocycles. The van der Waals surface area contributed by atoms with Crippen LogP contribution < -0.4 is 9.62 Å². The van der Waals surface area contributed by atoms with E-state index in [-0.39, 0.29) is 22.2 Å². The molecule has 7 nitrogen and oxygen atoms in total. The van der Waals surface area contributed by atoms with Crippen molar-refractivity contribution in [1.82, 2.24) is 10.2 Å². The van der Waals surface area contributed by atoms with E-state index in [1.807, 2.05) is 0 Å². The van der Waals surface area contributed by atoms with Crippen LogP contribution in [0.25, 0.3) is 0 Å². The van der Waals surface area contributed by atoms with Gasteiger partial charge in [0.15, 0.2) is 0 Å². The van der Waals surface area contributed by atoms with Crippen LogP contribution in [0.3, 0.4) is 0 Å². The van der Waals surface area contributed by atoms with Crippen LogP contribution >= 0.6 is 34.8 Å². The third-order valence-electron chi connectivity index (χ3n) is 5.47. The Morgan fingerprint density at radius 2 is 1.53 bits per heavy atom. The lowest BCUT2D eigenvalue weighted by Gasteiger charge is -2.32. The number of likely N-dealkylation sites (N-methyl/N-ethyl adjacent to an activating group) is 1. The Hall–Kier alpha value is -2.78. The Morgan fingerprint density at radius 1 is 0.917 bits per heavy atom. The van der Waals surface area contributed by atoms with E-state index in [0.717, 1.165) is 4.31 Å². The molecular formula is C25H24Cl3N3O4S. The first kappa shape index (κ1) is 27.8. The quantitative estimate of drug-likeness (QED) is 0.393. The number of hydrogen-bond donors (Lipinski definition) is 1. The van der Waals surface area contributed by atoms with Gasteiger partial charge in [-0.3, -0.25) is 13.9 Å². The van der Waals surface area contributed by atoms with E-state index in [1.165, 1.54) is 42.3 Å². The van der Waals surface area contributed by atoms with Crippen molar-refractivity contribution in [3.63, 3.8) is 0 Å². The molecule has 0 saturated heterocycles. The van der Waals surface area contributed by atoms with Crippen LogP contribution in [0, 0.1) is 0 Å². The van der Waals surface area contributed by atoms with E-state index >= 15 is 0 Å². The van der Waals surface area contributed by atoms with Gasteiger partial charge in [-0.1, -0.05) is 65.1 Å². The van der Waals surface area contributed by atoms with Crippen molar-refractivity contribution in [3.05, 3.63) is 93.4 Å². The summed E-state index contributed by atoms with van der Waals surface area (Å²) >= 11 is 18.4. The fraction of sp³-hybridized carbons (Fsp3) is 0.200. The SMILES string of the molecule is CNC(=O)[C@@H](C)N(Cc1ccc(Cl)cc1)C(=O)CN(c1ccc(Cl)cc1Cl)S(=O)(=O)c1ccccc1. The van der Waals surface area contributed by atoms with Crippen LogP contribution in [0.5, 0.6) is 0 Å². The zero-order valence-electron chi connectivity index (χ0n) is 19.5. The maximum atomic E-state index is 13.7. The second-order valence-electron chi connectivity index (χ2n) is 7.86. The maximum Gasteiger partial charge on any atom is 0.264 e. The van der Waals surface area contributed by atoms with Crippen molar-refractivity contribution in [3.8, 4) is 0 Å². The summed E-state index contributed by atoms with van der Waals surface area (Å²) in [5.74, 6) is -1.01. The number of hydrogen-bond acceptors (Lipinski definition) is 4. The summed E-state index contributed by atoms with van der Waals surface area (Å²) in [5.41, 5.74) is 0.794. The maximum absolute atomic E-state index is 13.7. The molecule has 0 aromatic heterocycles. The van der Waals surface area contributed by atoms with Gasteiger partial charge in [0.25, 0.3) is 10.0 Å². The summed E-state index contributed by atoms with van der Waals surface area (Å²) in [7, 11) is -2.75. The Kier molecular flexibility index (Phi) is 9.24. The lowest BCUT2D eigenvalue weighted by Crippen LogP contribution is -2.50. The van der Waals surface area contributed by atoms with Crippen molar-refractivity contribution >= 4 is 62.3 Å². The molecule has 3 aromatic rings. The fourth-order valence-electron chi connectivity index (χ4n) is 3.49. The number of sulfonamides is 1. The molecule has 0 saturated carbocycles. The molecule has 190 valence electrons. The largest absolute Gasteiger partial charge is 0.357 e. The van der Waals surface area contributed by atoms with E-state index in [1.54, 1.807) is 49.4 Å². The second-order valence-corrected chi connectivity index (χ2v) is 11.0. The molecule has 0 unspecified atom stereocenters. The standard InChI is InChI=1S/C25H24Cl3N3O4S/c1-17(25(33)29-2)30(15-18-8-10-19(26)11-9-18)24(32)16-31(23-13-12-20(27)14-22(23)28)36(34,35)21-6-4-3-5-7-21/h3-14,17H,15-16H2,1-2H3,(H,29,33)/t17-/m1/s1. The summed E-state index contributed by atoms with van der Waals surface area (Å²) in [6, 6.07) is 17.9. The molecule has 11 heteroatoms. The number of anilines is 1. The number of rotatable bonds is 9. The Labute approximate surface area is 225 Å². The molecule has 0 aliphatic rings. The summed E-state index contributed by atoms with van der Waals surface area (Å²) in [6.45, 7) is 1.02. The molecule has 36 heavy (non-hydrogen) atoms. The van der Waals surface area contributed by atoms with Crippen LogP contribution in [-0.4, -0.2) is 44.8 Å². The minimum Gasteiger partial charge on any atom is -0.357 e. The number of nitrogens with one attached hydrogen (secondary N) is 1. The van der Waals surface area contributed by atoms with E-state index in [9.17, 15) is 18.0 Å². The summed E-state index contributed by atoms with van der Waals surface area (Å²) < 4.78 is 28.2. The highest BCUT2D eigenvalue weighted by atomic mass is 35.5. The monoisotopic (exact) mass is 567 g/mol. The molecule has 0 fully saturated rings. The van der Waals surface area contributed by atoms with E-state index in [2.05, 4.69) is 5.32 Å². The molecule has 1 atom stereocenters.